The van der Waals surface area contributed by atoms with Crippen molar-refractivity contribution in [1.29, 1.82) is 0 Å². The number of anilines is 1. The van der Waals surface area contributed by atoms with Gasteiger partial charge >= 0.3 is 5.97 Å². The van der Waals surface area contributed by atoms with Gasteiger partial charge in [0.2, 0.25) is 0 Å². The summed E-state index contributed by atoms with van der Waals surface area (Å²) in [5.74, 6) is -1.07. The molecule has 1 unspecified atom stereocenters. The third-order valence-corrected chi connectivity index (χ3v) is 3.70. The largest absolute Gasteiger partial charge is 0.506 e. The van der Waals surface area contributed by atoms with Crippen LogP contribution in [0.25, 0.3) is 0 Å². The summed E-state index contributed by atoms with van der Waals surface area (Å²) in [7, 11) is 0. The minimum atomic E-state index is -0.995. The molecule has 0 aliphatic carbocycles. The molecule has 2 rings (SSSR count). The molecule has 6 nitrogen and oxygen atoms in total. The van der Waals surface area contributed by atoms with Gasteiger partial charge in [-0.2, -0.15) is 0 Å². The fourth-order valence-electron chi connectivity index (χ4n) is 1.97. The number of carboxylic acid groups (broad SMARTS) is 1. The summed E-state index contributed by atoms with van der Waals surface area (Å²) in [4.78, 5) is 22.9. The molecule has 0 aliphatic heterocycles. The zero-order chi connectivity index (χ0) is 17.7. The molecule has 0 heterocycles. The van der Waals surface area contributed by atoms with Crippen molar-refractivity contribution in [2.45, 2.75) is 19.4 Å². The lowest BCUT2D eigenvalue weighted by Gasteiger charge is -2.15. The summed E-state index contributed by atoms with van der Waals surface area (Å²) in [5, 5.41) is 21.2. The fraction of sp³-hybridized carbons (Fsp3) is 0.176. The Balaban J connectivity index is 2.05. The lowest BCUT2D eigenvalue weighted by atomic mass is 10.1. The van der Waals surface area contributed by atoms with Crippen molar-refractivity contribution in [1.82, 2.24) is 0 Å². The first-order valence-electron chi connectivity index (χ1n) is 7.12. The number of nitrogens with one attached hydrogen (secondary N) is 1. The van der Waals surface area contributed by atoms with Gasteiger partial charge in [-0.25, -0.2) is 0 Å². The highest BCUT2D eigenvalue weighted by Gasteiger charge is 2.17. The lowest BCUT2D eigenvalue weighted by molar-refractivity contribution is -0.136. The van der Waals surface area contributed by atoms with Crippen LogP contribution in [-0.2, 0) is 16.0 Å². The number of carbonyl (C=O) groups excluding carboxylic acids is 1. The molecular formula is C17H16BrNO5. The highest BCUT2D eigenvalue weighted by Crippen LogP contribution is 2.25. The summed E-state index contributed by atoms with van der Waals surface area (Å²) in [6, 6.07) is 11.3. The molecule has 0 fully saturated rings. The quantitative estimate of drug-likeness (QED) is 0.654. The molecule has 2 aromatic carbocycles. The summed E-state index contributed by atoms with van der Waals surface area (Å²) >= 11 is 3.31. The first kappa shape index (κ1) is 17.8. The molecule has 1 amide bonds. The van der Waals surface area contributed by atoms with Crippen LogP contribution in [0.5, 0.6) is 11.5 Å². The Morgan fingerprint density at radius 3 is 2.50 bits per heavy atom. The molecule has 2 aromatic rings. The van der Waals surface area contributed by atoms with Crippen LogP contribution in [0.15, 0.2) is 46.9 Å². The number of aliphatic carboxylic acids is 1. The van der Waals surface area contributed by atoms with E-state index < -0.39 is 18.0 Å². The Hall–Kier alpha value is -2.54. The summed E-state index contributed by atoms with van der Waals surface area (Å²) < 4.78 is 6.42. The van der Waals surface area contributed by atoms with Gasteiger partial charge in [0.25, 0.3) is 5.91 Å². The molecule has 7 heteroatoms. The topological polar surface area (TPSA) is 95.9 Å². The number of hydrogen-bond donors (Lipinski definition) is 3. The van der Waals surface area contributed by atoms with Gasteiger partial charge < -0.3 is 20.3 Å². The van der Waals surface area contributed by atoms with Crippen LogP contribution >= 0.6 is 15.9 Å². The predicted octanol–water partition coefficient (Wildman–Crippen LogP) is 3.19. The molecule has 0 aliphatic rings. The first-order chi connectivity index (χ1) is 11.3. The van der Waals surface area contributed by atoms with E-state index in [1.54, 1.807) is 31.2 Å². The third-order valence-electron chi connectivity index (χ3n) is 3.17. The van der Waals surface area contributed by atoms with Crippen molar-refractivity contribution < 1.29 is 24.5 Å². The third kappa shape index (κ3) is 4.99. The van der Waals surface area contributed by atoms with Crippen LogP contribution in [0.3, 0.4) is 0 Å². The number of benzene rings is 2. The second-order valence-electron chi connectivity index (χ2n) is 5.13. The number of carbonyl (C=O) groups is 2. The van der Waals surface area contributed by atoms with E-state index in [9.17, 15) is 14.7 Å². The van der Waals surface area contributed by atoms with Gasteiger partial charge in [-0.15, -0.1) is 0 Å². The van der Waals surface area contributed by atoms with Gasteiger partial charge in [0.15, 0.2) is 6.10 Å². The number of rotatable bonds is 6. The van der Waals surface area contributed by atoms with Gasteiger partial charge in [0, 0.05) is 4.47 Å². The predicted molar refractivity (Wildman–Crippen MR) is 92.3 cm³/mol. The summed E-state index contributed by atoms with van der Waals surface area (Å²) in [6.45, 7) is 1.58. The molecule has 0 radical (unpaired) electrons. The average molecular weight is 394 g/mol. The van der Waals surface area contributed by atoms with E-state index in [0.717, 1.165) is 4.47 Å². The molecule has 1 atom stereocenters. The Morgan fingerprint density at radius 1 is 1.21 bits per heavy atom. The van der Waals surface area contributed by atoms with E-state index in [4.69, 9.17) is 9.84 Å². The molecular weight excluding hydrogens is 378 g/mol. The smallest absolute Gasteiger partial charge is 0.307 e. The van der Waals surface area contributed by atoms with Gasteiger partial charge in [-0.3, -0.25) is 9.59 Å². The first-order valence-corrected chi connectivity index (χ1v) is 7.91. The number of hydrogen-bond acceptors (Lipinski definition) is 4. The van der Waals surface area contributed by atoms with E-state index in [1.807, 2.05) is 0 Å². The SMILES string of the molecule is CC(Oc1ccc(Br)cc1)C(=O)Nc1cc(CC(=O)O)ccc1O. The van der Waals surface area contributed by atoms with Crippen LogP contribution < -0.4 is 10.1 Å². The number of ether oxygens (including phenoxy) is 1. The highest BCUT2D eigenvalue weighted by atomic mass is 79.9. The zero-order valence-electron chi connectivity index (χ0n) is 12.8. The average Bonchev–Trinajstić information content (AvgIpc) is 2.52. The molecule has 0 saturated heterocycles. The second kappa shape index (κ2) is 7.83. The molecule has 0 aromatic heterocycles. The van der Waals surface area contributed by atoms with Crippen LogP contribution in [-0.4, -0.2) is 28.2 Å². The van der Waals surface area contributed by atoms with Gasteiger partial charge in [-0.1, -0.05) is 22.0 Å². The minimum Gasteiger partial charge on any atom is -0.506 e. The number of phenolic OH excluding ortho intramolecular Hbond substituents is 1. The van der Waals surface area contributed by atoms with Gasteiger partial charge in [0.05, 0.1) is 12.1 Å². The minimum absolute atomic E-state index is 0.144. The monoisotopic (exact) mass is 393 g/mol. The lowest BCUT2D eigenvalue weighted by Crippen LogP contribution is -2.30. The van der Waals surface area contributed by atoms with E-state index in [2.05, 4.69) is 21.2 Å². The summed E-state index contributed by atoms with van der Waals surface area (Å²) in [6.07, 6.45) is -0.998. The number of amides is 1. The standard InChI is InChI=1S/C17H16BrNO5/c1-10(24-13-5-3-12(18)4-6-13)17(23)19-14-8-11(9-16(21)22)2-7-15(14)20/h2-8,10,20H,9H2,1H3,(H,19,23)(H,21,22). The van der Waals surface area contributed by atoms with Crippen molar-refractivity contribution in [3.63, 3.8) is 0 Å². The Kier molecular flexibility index (Phi) is 5.81. The second-order valence-corrected chi connectivity index (χ2v) is 6.04. The molecule has 0 bridgehead atoms. The van der Waals surface area contributed by atoms with Crippen LogP contribution in [0.1, 0.15) is 12.5 Å². The van der Waals surface area contributed by atoms with E-state index >= 15 is 0 Å². The molecule has 0 saturated carbocycles. The maximum absolute atomic E-state index is 12.2. The molecule has 3 N–H and O–H groups in total. The van der Waals surface area contributed by atoms with Crippen molar-refractivity contribution in [2.75, 3.05) is 5.32 Å². The van der Waals surface area contributed by atoms with E-state index in [-0.39, 0.29) is 17.9 Å². The van der Waals surface area contributed by atoms with Crippen LogP contribution in [0.4, 0.5) is 5.69 Å². The number of halogens is 1. The maximum Gasteiger partial charge on any atom is 0.307 e. The van der Waals surface area contributed by atoms with Gasteiger partial charge in [0.1, 0.15) is 11.5 Å². The number of carboxylic acids is 1. The highest BCUT2D eigenvalue weighted by molar-refractivity contribution is 9.10. The van der Waals surface area contributed by atoms with Crippen LogP contribution in [0, 0.1) is 0 Å². The van der Waals surface area contributed by atoms with Crippen molar-refractivity contribution in [3.8, 4) is 11.5 Å². The number of aromatic hydroxyl groups is 1. The van der Waals surface area contributed by atoms with Crippen LogP contribution in [0.2, 0.25) is 0 Å². The van der Waals surface area contributed by atoms with Gasteiger partial charge in [-0.05, 0) is 48.9 Å². The van der Waals surface area contributed by atoms with Crippen molar-refractivity contribution in [3.05, 3.63) is 52.5 Å². The summed E-state index contributed by atoms with van der Waals surface area (Å²) in [5.41, 5.74) is 0.613. The van der Waals surface area contributed by atoms with E-state index in [0.29, 0.717) is 11.3 Å². The normalized spacial score (nSPS) is 11.6. The Labute approximate surface area is 147 Å². The Bertz CT molecular complexity index is 745. The molecule has 126 valence electrons. The fourth-order valence-corrected chi connectivity index (χ4v) is 2.24. The Morgan fingerprint density at radius 2 is 1.88 bits per heavy atom. The molecule has 0 spiro atoms. The van der Waals surface area contributed by atoms with Crippen molar-refractivity contribution in [2.24, 2.45) is 0 Å². The number of phenols is 1. The molecule has 24 heavy (non-hydrogen) atoms. The van der Waals surface area contributed by atoms with E-state index in [1.165, 1.54) is 18.2 Å². The van der Waals surface area contributed by atoms with Crippen molar-refractivity contribution >= 4 is 33.5 Å². The zero-order valence-corrected chi connectivity index (χ0v) is 14.4. The maximum atomic E-state index is 12.2.